The van der Waals surface area contributed by atoms with Crippen molar-refractivity contribution >= 4 is 31.9 Å². The van der Waals surface area contributed by atoms with Crippen molar-refractivity contribution in [1.29, 1.82) is 0 Å². The molecule has 0 saturated heterocycles. The van der Waals surface area contributed by atoms with Gasteiger partial charge in [-0.3, -0.25) is 4.79 Å². The van der Waals surface area contributed by atoms with E-state index in [0.717, 1.165) is 4.47 Å². The molecule has 0 aliphatic rings. The van der Waals surface area contributed by atoms with Crippen LogP contribution in [0.3, 0.4) is 0 Å². The zero-order valence-electron chi connectivity index (χ0n) is 9.94. The fourth-order valence-corrected chi connectivity index (χ4v) is 2.51. The van der Waals surface area contributed by atoms with Gasteiger partial charge in [-0.25, -0.2) is 13.1 Å². The molecule has 0 fully saturated rings. The number of hydrogen-bond acceptors (Lipinski definition) is 3. The first-order valence-corrected chi connectivity index (χ1v) is 7.90. The summed E-state index contributed by atoms with van der Waals surface area (Å²) in [7, 11) is -3.29. The van der Waals surface area contributed by atoms with E-state index in [1.165, 1.54) is 0 Å². The minimum atomic E-state index is -3.29. The third-order valence-electron chi connectivity index (χ3n) is 2.13. The summed E-state index contributed by atoms with van der Waals surface area (Å²) in [6, 6.07) is 6.84. The number of benzene rings is 1. The summed E-state index contributed by atoms with van der Waals surface area (Å²) in [6.45, 7) is 2.14. The van der Waals surface area contributed by atoms with Gasteiger partial charge in [0.05, 0.1) is 5.75 Å². The van der Waals surface area contributed by atoms with E-state index in [4.69, 9.17) is 0 Å². The zero-order valence-corrected chi connectivity index (χ0v) is 12.3. The molecule has 0 radical (unpaired) electrons. The molecule has 7 heteroatoms. The molecule has 0 heterocycles. The molecule has 1 amide bonds. The van der Waals surface area contributed by atoms with Crippen LogP contribution in [0, 0.1) is 0 Å². The highest BCUT2D eigenvalue weighted by atomic mass is 79.9. The Kier molecular flexibility index (Phi) is 5.77. The van der Waals surface area contributed by atoms with E-state index in [9.17, 15) is 13.2 Å². The topological polar surface area (TPSA) is 75.3 Å². The Labute approximate surface area is 115 Å². The van der Waals surface area contributed by atoms with Gasteiger partial charge in [0.2, 0.25) is 10.0 Å². The number of rotatable bonds is 6. The standard InChI is InChI=1S/C11H15BrN2O3S/c1-2-14-18(16,17)8-7-13-11(15)9-3-5-10(12)6-4-9/h3-6,14H,2,7-8H2,1H3,(H,13,15). The smallest absolute Gasteiger partial charge is 0.251 e. The minimum absolute atomic E-state index is 0.0875. The van der Waals surface area contributed by atoms with Crippen molar-refractivity contribution in [3.8, 4) is 0 Å². The van der Waals surface area contributed by atoms with Crippen molar-refractivity contribution in [2.45, 2.75) is 6.92 Å². The van der Waals surface area contributed by atoms with Gasteiger partial charge in [0.25, 0.3) is 5.91 Å². The lowest BCUT2D eigenvalue weighted by molar-refractivity contribution is 0.0956. The predicted molar refractivity (Wildman–Crippen MR) is 73.9 cm³/mol. The number of nitrogens with one attached hydrogen (secondary N) is 2. The Morgan fingerprint density at radius 3 is 2.44 bits per heavy atom. The fourth-order valence-electron chi connectivity index (χ4n) is 1.29. The monoisotopic (exact) mass is 334 g/mol. The van der Waals surface area contributed by atoms with E-state index in [-0.39, 0.29) is 18.2 Å². The van der Waals surface area contributed by atoms with Gasteiger partial charge in [0.1, 0.15) is 0 Å². The van der Waals surface area contributed by atoms with Gasteiger partial charge in [0.15, 0.2) is 0 Å². The molecule has 2 N–H and O–H groups in total. The van der Waals surface area contributed by atoms with Crippen molar-refractivity contribution in [2.24, 2.45) is 0 Å². The van der Waals surface area contributed by atoms with Gasteiger partial charge in [-0.2, -0.15) is 0 Å². The second-order valence-corrected chi connectivity index (χ2v) is 6.42. The Bertz CT molecular complexity index is 500. The number of amides is 1. The molecule has 100 valence electrons. The molecular weight excluding hydrogens is 320 g/mol. The molecule has 0 atom stereocenters. The Balaban J connectivity index is 2.45. The van der Waals surface area contributed by atoms with Crippen LogP contribution in [0.1, 0.15) is 17.3 Å². The number of carbonyl (C=O) groups excluding carboxylic acids is 1. The fraction of sp³-hybridized carbons (Fsp3) is 0.364. The highest BCUT2D eigenvalue weighted by Gasteiger charge is 2.10. The van der Waals surface area contributed by atoms with Crippen LogP contribution in [0.15, 0.2) is 28.7 Å². The summed E-state index contributed by atoms with van der Waals surface area (Å²) in [5, 5.41) is 2.56. The van der Waals surface area contributed by atoms with Gasteiger partial charge in [0, 0.05) is 23.1 Å². The maximum Gasteiger partial charge on any atom is 0.251 e. The van der Waals surface area contributed by atoms with Crippen molar-refractivity contribution in [3.05, 3.63) is 34.3 Å². The molecule has 18 heavy (non-hydrogen) atoms. The number of halogens is 1. The highest BCUT2D eigenvalue weighted by Crippen LogP contribution is 2.10. The SMILES string of the molecule is CCNS(=O)(=O)CCNC(=O)c1ccc(Br)cc1. The summed E-state index contributed by atoms with van der Waals surface area (Å²) < 4.78 is 25.9. The van der Waals surface area contributed by atoms with Crippen molar-refractivity contribution in [1.82, 2.24) is 10.0 Å². The lowest BCUT2D eigenvalue weighted by atomic mass is 10.2. The quantitative estimate of drug-likeness (QED) is 0.818. The summed E-state index contributed by atoms with van der Waals surface area (Å²) in [5.41, 5.74) is 0.499. The lowest BCUT2D eigenvalue weighted by Crippen LogP contribution is -2.34. The maximum absolute atomic E-state index is 11.7. The Morgan fingerprint density at radius 2 is 1.89 bits per heavy atom. The number of carbonyl (C=O) groups is 1. The zero-order chi connectivity index (χ0) is 13.6. The van der Waals surface area contributed by atoms with Crippen LogP contribution in [0.25, 0.3) is 0 Å². The Hall–Kier alpha value is -0.920. The van der Waals surface area contributed by atoms with Gasteiger partial charge < -0.3 is 5.32 Å². The van der Waals surface area contributed by atoms with Crippen LogP contribution in [0.2, 0.25) is 0 Å². The predicted octanol–water partition coefficient (Wildman–Crippen LogP) is 1.12. The van der Waals surface area contributed by atoms with Crippen LogP contribution in [0.4, 0.5) is 0 Å². The minimum Gasteiger partial charge on any atom is -0.351 e. The average Bonchev–Trinajstić information content (AvgIpc) is 2.29. The molecule has 1 rings (SSSR count). The third kappa shape index (κ3) is 5.16. The summed E-state index contributed by atoms with van der Waals surface area (Å²) >= 11 is 3.27. The molecule has 1 aromatic carbocycles. The van der Waals surface area contributed by atoms with E-state index >= 15 is 0 Å². The molecule has 0 aromatic heterocycles. The van der Waals surface area contributed by atoms with Gasteiger partial charge >= 0.3 is 0 Å². The highest BCUT2D eigenvalue weighted by molar-refractivity contribution is 9.10. The third-order valence-corrected chi connectivity index (χ3v) is 4.13. The molecule has 5 nitrogen and oxygen atoms in total. The van der Waals surface area contributed by atoms with Gasteiger partial charge in [-0.05, 0) is 24.3 Å². The lowest BCUT2D eigenvalue weighted by Gasteiger charge is -2.06. The second-order valence-electron chi connectivity index (χ2n) is 3.58. The van der Waals surface area contributed by atoms with Gasteiger partial charge in [-0.15, -0.1) is 0 Å². The van der Waals surface area contributed by atoms with Gasteiger partial charge in [-0.1, -0.05) is 22.9 Å². The number of sulfonamides is 1. The van der Waals surface area contributed by atoms with Crippen molar-refractivity contribution < 1.29 is 13.2 Å². The van der Waals surface area contributed by atoms with Crippen molar-refractivity contribution in [3.63, 3.8) is 0 Å². The molecule has 0 spiro atoms. The van der Waals surface area contributed by atoms with Crippen LogP contribution < -0.4 is 10.0 Å². The molecule has 0 unspecified atom stereocenters. The van der Waals surface area contributed by atoms with Crippen LogP contribution in [-0.2, 0) is 10.0 Å². The van der Waals surface area contributed by atoms with E-state index in [1.807, 2.05) is 0 Å². The van der Waals surface area contributed by atoms with Crippen LogP contribution in [0.5, 0.6) is 0 Å². The molecular formula is C11H15BrN2O3S. The van der Waals surface area contributed by atoms with Crippen molar-refractivity contribution in [2.75, 3.05) is 18.8 Å². The molecule has 0 saturated carbocycles. The van der Waals surface area contributed by atoms with E-state index in [2.05, 4.69) is 26.0 Å². The first kappa shape index (κ1) is 15.1. The molecule has 0 bridgehead atoms. The molecule has 1 aromatic rings. The first-order valence-electron chi connectivity index (χ1n) is 5.45. The summed E-state index contributed by atoms with van der Waals surface area (Å²) in [5.74, 6) is -0.405. The first-order chi connectivity index (χ1) is 8.44. The largest absolute Gasteiger partial charge is 0.351 e. The van der Waals surface area contributed by atoms with E-state index in [0.29, 0.717) is 12.1 Å². The summed E-state index contributed by atoms with van der Waals surface area (Å²) in [4.78, 5) is 11.7. The molecule has 0 aliphatic carbocycles. The average molecular weight is 335 g/mol. The molecule has 0 aliphatic heterocycles. The van der Waals surface area contributed by atoms with E-state index < -0.39 is 10.0 Å². The van der Waals surface area contributed by atoms with Crippen LogP contribution in [-0.4, -0.2) is 33.2 Å². The number of hydrogen-bond donors (Lipinski definition) is 2. The van der Waals surface area contributed by atoms with Crippen LogP contribution >= 0.6 is 15.9 Å². The van der Waals surface area contributed by atoms with E-state index in [1.54, 1.807) is 31.2 Å². The normalized spacial score (nSPS) is 11.2. The Morgan fingerprint density at radius 1 is 1.28 bits per heavy atom. The summed E-state index contributed by atoms with van der Waals surface area (Å²) in [6.07, 6.45) is 0. The second kappa shape index (κ2) is 6.86. The maximum atomic E-state index is 11.7.